The SMILES string of the molecule is COc1cncc(-c2cccc(N(Cc3ccc(-c4ccc(N(C)C)cc4)cc3)C(=O)C3CCCCC3)c2)n1. The third kappa shape index (κ3) is 6.28. The van der Waals surface area contributed by atoms with Gasteiger partial charge in [-0.15, -0.1) is 0 Å². The minimum atomic E-state index is 0.0634. The minimum Gasteiger partial charge on any atom is -0.480 e. The van der Waals surface area contributed by atoms with Gasteiger partial charge in [-0.1, -0.05) is 67.8 Å². The molecule has 0 radical (unpaired) electrons. The molecule has 0 bridgehead atoms. The highest BCUT2D eigenvalue weighted by Gasteiger charge is 2.27. The van der Waals surface area contributed by atoms with E-state index in [1.807, 2.05) is 43.3 Å². The molecule has 0 unspecified atom stereocenters. The van der Waals surface area contributed by atoms with Crippen LogP contribution in [0, 0.1) is 5.92 Å². The number of hydrogen-bond donors (Lipinski definition) is 0. The molecule has 1 saturated carbocycles. The molecule has 1 heterocycles. The second-order valence-corrected chi connectivity index (χ2v) is 10.4. The van der Waals surface area contributed by atoms with Gasteiger partial charge in [0.25, 0.3) is 0 Å². The molecular formula is C33H36N4O2. The third-order valence-electron chi connectivity index (χ3n) is 7.51. The van der Waals surface area contributed by atoms with E-state index in [1.54, 1.807) is 19.5 Å². The summed E-state index contributed by atoms with van der Waals surface area (Å²) in [6.07, 6.45) is 8.67. The number of amides is 1. The fourth-order valence-corrected chi connectivity index (χ4v) is 5.22. The maximum absolute atomic E-state index is 13.9. The molecule has 1 aromatic heterocycles. The molecule has 0 N–H and O–H groups in total. The molecule has 39 heavy (non-hydrogen) atoms. The first kappa shape index (κ1) is 26.4. The second-order valence-electron chi connectivity index (χ2n) is 10.4. The molecule has 4 aromatic rings. The van der Waals surface area contributed by atoms with Crippen LogP contribution in [0.1, 0.15) is 37.7 Å². The van der Waals surface area contributed by atoms with Gasteiger partial charge in [0.1, 0.15) is 0 Å². The summed E-state index contributed by atoms with van der Waals surface area (Å²) >= 11 is 0. The molecular weight excluding hydrogens is 484 g/mol. The van der Waals surface area contributed by atoms with Gasteiger partial charge in [-0.25, -0.2) is 4.98 Å². The van der Waals surface area contributed by atoms with Gasteiger partial charge in [0.15, 0.2) is 0 Å². The van der Waals surface area contributed by atoms with Crippen molar-refractivity contribution in [3.05, 3.63) is 90.8 Å². The van der Waals surface area contributed by atoms with Gasteiger partial charge in [0.05, 0.1) is 31.7 Å². The van der Waals surface area contributed by atoms with Gasteiger partial charge in [0.2, 0.25) is 11.8 Å². The molecule has 6 nitrogen and oxygen atoms in total. The number of anilines is 2. The zero-order valence-corrected chi connectivity index (χ0v) is 23.0. The fourth-order valence-electron chi connectivity index (χ4n) is 5.22. The highest BCUT2D eigenvalue weighted by Crippen LogP contribution is 2.31. The zero-order chi connectivity index (χ0) is 27.2. The monoisotopic (exact) mass is 520 g/mol. The number of carbonyl (C=O) groups excluding carboxylic acids is 1. The van der Waals surface area contributed by atoms with E-state index in [0.29, 0.717) is 18.1 Å². The normalized spacial score (nSPS) is 13.6. The quantitative estimate of drug-likeness (QED) is 0.250. The molecule has 1 amide bonds. The van der Waals surface area contributed by atoms with Crippen molar-refractivity contribution in [1.29, 1.82) is 0 Å². The average Bonchev–Trinajstić information content (AvgIpc) is 3.00. The minimum absolute atomic E-state index is 0.0634. The molecule has 1 fully saturated rings. The molecule has 6 heteroatoms. The van der Waals surface area contributed by atoms with Crippen molar-refractivity contribution >= 4 is 17.3 Å². The Labute approximate surface area is 231 Å². The van der Waals surface area contributed by atoms with E-state index in [9.17, 15) is 4.79 Å². The standard InChI is InChI=1S/C33H36N4O2/c1-36(2)29-18-16-26(17-19-29)25-14-12-24(13-15-25)23-37(33(38)27-8-5-4-6-9-27)30-11-7-10-28(20-30)31-21-34-22-32(35-31)39-3/h7,10-22,27H,4-6,8-9,23H2,1-3H3. The number of hydrogen-bond acceptors (Lipinski definition) is 5. The van der Waals surface area contributed by atoms with Gasteiger partial charge in [0, 0.05) is 37.0 Å². The molecule has 200 valence electrons. The Balaban J connectivity index is 1.43. The van der Waals surface area contributed by atoms with E-state index in [-0.39, 0.29) is 11.8 Å². The number of ether oxygens (including phenoxy) is 1. The largest absolute Gasteiger partial charge is 0.480 e. The van der Waals surface area contributed by atoms with Crippen molar-refractivity contribution in [3.63, 3.8) is 0 Å². The van der Waals surface area contributed by atoms with Crippen molar-refractivity contribution in [3.8, 4) is 28.3 Å². The second kappa shape index (κ2) is 12.1. The first-order chi connectivity index (χ1) is 19.0. The Hall–Kier alpha value is -4.19. The van der Waals surface area contributed by atoms with Crippen molar-refractivity contribution in [2.45, 2.75) is 38.6 Å². The predicted octanol–water partition coefficient (Wildman–Crippen LogP) is 7.00. The molecule has 0 saturated heterocycles. The number of nitrogens with zero attached hydrogens (tertiary/aromatic N) is 4. The Kier molecular flexibility index (Phi) is 8.21. The van der Waals surface area contributed by atoms with Crippen LogP contribution in [0.15, 0.2) is 85.2 Å². The summed E-state index contributed by atoms with van der Waals surface area (Å²) in [5.74, 6) is 0.727. The maximum Gasteiger partial charge on any atom is 0.232 e. The van der Waals surface area contributed by atoms with Gasteiger partial charge in [-0.2, -0.15) is 0 Å². The van der Waals surface area contributed by atoms with Crippen LogP contribution in [-0.2, 0) is 11.3 Å². The van der Waals surface area contributed by atoms with Gasteiger partial charge < -0.3 is 14.5 Å². The molecule has 0 spiro atoms. The first-order valence-electron chi connectivity index (χ1n) is 13.7. The summed E-state index contributed by atoms with van der Waals surface area (Å²) in [4.78, 5) is 26.8. The Morgan fingerprint density at radius 1 is 0.846 bits per heavy atom. The van der Waals surface area contributed by atoms with E-state index >= 15 is 0 Å². The van der Waals surface area contributed by atoms with Crippen LogP contribution in [0.4, 0.5) is 11.4 Å². The van der Waals surface area contributed by atoms with Crippen LogP contribution >= 0.6 is 0 Å². The first-order valence-corrected chi connectivity index (χ1v) is 13.7. The Morgan fingerprint density at radius 3 is 2.21 bits per heavy atom. The third-order valence-corrected chi connectivity index (χ3v) is 7.51. The van der Waals surface area contributed by atoms with E-state index in [4.69, 9.17) is 4.74 Å². The van der Waals surface area contributed by atoms with Gasteiger partial charge in [-0.05, 0) is 53.8 Å². The van der Waals surface area contributed by atoms with Crippen LogP contribution in [0.25, 0.3) is 22.4 Å². The lowest BCUT2D eigenvalue weighted by molar-refractivity contribution is -0.123. The number of rotatable bonds is 8. The number of aromatic nitrogens is 2. The summed E-state index contributed by atoms with van der Waals surface area (Å²) in [6, 6.07) is 25.1. The predicted molar refractivity (Wildman–Crippen MR) is 158 cm³/mol. The number of benzene rings is 3. The smallest absolute Gasteiger partial charge is 0.232 e. The van der Waals surface area contributed by atoms with Crippen LogP contribution in [0.2, 0.25) is 0 Å². The Bertz CT molecular complexity index is 1390. The van der Waals surface area contributed by atoms with Gasteiger partial charge in [-0.3, -0.25) is 9.78 Å². The van der Waals surface area contributed by atoms with Crippen molar-refractivity contribution in [1.82, 2.24) is 9.97 Å². The van der Waals surface area contributed by atoms with Crippen LogP contribution < -0.4 is 14.5 Å². The molecule has 0 aliphatic heterocycles. The van der Waals surface area contributed by atoms with Crippen LogP contribution in [0.3, 0.4) is 0 Å². The summed E-state index contributed by atoms with van der Waals surface area (Å²) in [5.41, 5.74) is 7.09. The lowest BCUT2D eigenvalue weighted by Gasteiger charge is -2.30. The van der Waals surface area contributed by atoms with Crippen LogP contribution in [-0.4, -0.2) is 37.1 Å². The highest BCUT2D eigenvalue weighted by molar-refractivity contribution is 5.95. The summed E-state index contributed by atoms with van der Waals surface area (Å²) in [5, 5.41) is 0. The van der Waals surface area contributed by atoms with E-state index < -0.39 is 0 Å². The van der Waals surface area contributed by atoms with E-state index in [2.05, 4.69) is 63.4 Å². The zero-order valence-electron chi connectivity index (χ0n) is 23.0. The lowest BCUT2D eigenvalue weighted by atomic mass is 9.88. The van der Waals surface area contributed by atoms with E-state index in [0.717, 1.165) is 48.1 Å². The molecule has 5 rings (SSSR count). The van der Waals surface area contributed by atoms with Gasteiger partial charge >= 0.3 is 0 Å². The molecule has 1 aliphatic carbocycles. The molecule has 0 atom stereocenters. The topological polar surface area (TPSA) is 58.6 Å². The highest BCUT2D eigenvalue weighted by atomic mass is 16.5. The van der Waals surface area contributed by atoms with Crippen molar-refractivity contribution in [2.75, 3.05) is 31.0 Å². The van der Waals surface area contributed by atoms with Crippen molar-refractivity contribution < 1.29 is 9.53 Å². The Morgan fingerprint density at radius 2 is 1.54 bits per heavy atom. The number of carbonyl (C=O) groups is 1. The van der Waals surface area contributed by atoms with Crippen LogP contribution in [0.5, 0.6) is 5.88 Å². The maximum atomic E-state index is 13.9. The average molecular weight is 521 g/mol. The summed E-state index contributed by atoms with van der Waals surface area (Å²) in [6.45, 7) is 0.516. The lowest BCUT2D eigenvalue weighted by Crippen LogP contribution is -2.36. The molecule has 3 aromatic carbocycles. The number of methoxy groups -OCH3 is 1. The summed E-state index contributed by atoms with van der Waals surface area (Å²) in [7, 11) is 5.67. The van der Waals surface area contributed by atoms with E-state index in [1.165, 1.54) is 17.7 Å². The molecule has 1 aliphatic rings. The summed E-state index contributed by atoms with van der Waals surface area (Å²) < 4.78 is 5.27. The fraction of sp³-hybridized carbons (Fsp3) is 0.303. The van der Waals surface area contributed by atoms with Crippen molar-refractivity contribution in [2.24, 2.45) is 5.92 Å².